The van der Waals surface area contributed by atoms with Gasteiger partial charge in [-0.15, -0.1) is 0 Å². The smallest absolute Gasteiger partial charge is 0.129 e. The van der Waals surface area contributed by atoms with E-state index >= 15 is 0 Å². The molecule has 0 amide bonds. The Labute approximate surface area is 134 Å². The SMILES string of the molecule is N#Cc1ccnc(N2CCCC(c3nc4ccccc4[nH]3)C2)c1. The zero-order chi connectivity index (χ0) is 15.6. The van der Waals surface area contributed by atoms with Crippen molar-refractivity contribution in [2.24, 2.45) is 0 Å². The number of hydrogen-bond donors (Lipinski definition) is 1. The normalized spacial score (nSPS) is 18.0. The Bertz CT molecular complexity index is 843. The summed E-state index contributed by atoms with van der Waals surface area (Å²) in [5.74, 6) is 2.29. The fraction of sp³-hybridized carbons (Fsp3) is 0.278. The number of fused-ring (bicyclic) bond motifs is 1. The van der Waals surface area contributed by atoms with E-state index in [1.54, 1.807) is 12.3 Å². The zero-order valence-corrected chi connectivity index (χ0v) is 12.7. The lowest BCUT2D eigenvalue weighted by molar-refractivity contribution is 0.492. The first-order valence-corrected chi connectivity index (χ1v) is 7.89. The van der Waals surface area contributed by atoms with Gasteiger partial charge in [0.2, 0.25) is 0 Å². The van der Waals surface area contributed by atoms with Gasteiger partial charge < -0.3 is 9.88 Å². The zero-order valence-electron chi connectivity index (χ0n) is 12.7. The molecule has 1 saturated heterocycles. The first-order chi connectivity index (χ1) is 11.3. The van der Waals surface area contributed by atoms with E-state index in [1.165, 1.54) is 0 Å². The predicted octanol–water partition coefficient (Wildman–Crippen LogP) is 3.21. The molecule has 5 nitrogen and oxygen atoms in total. The third kappa shape index (κ3) is 2.64. The van der Waals surface area contributed by atoms with Crippen LogP contribution in [0.25, 0.3) is 11.0 Å². The van der Waals surface area contributed by atoms with Crippen molar-refractivity contribution in [2.45, 2.75) is 18.8 Å². The summed E-state index contributed by atoms with van der Waals surface area (Å²) < 4.78 is 0. The van der Waals surface area contributed by atoms with Gasteiger partial charge in [-0.2, -0.15) is 5.26 Å². The van der Waals surface area contributed by atoms with Gasteiger partial charge in [-0.1, -0.05) is 12.1 Å². The van der Waals surface area contributed by atoms with Crippen LogP contribution in [0.15, 0.2) is 42.6 Å². The highest BCUT2D eigenvalue weighted by molar-refractivity contribution is 5.74. The molecule has 4 rings (SSSR count). The molecule has 114 valence electrons. The number of anilines is 1. The fourth-order valence-corrected chi connectivity index (χ4v) is 3.24. The van der Waals surface area contributed by atoms with E-state index in [0.717, 1.165) is 48.6 Å². The van der Waals surface area contributed by atoms with Gasteiger partial charge in [0.15, 0.2) is 0 Å². The molecule has 1 aliphatic rings. The maximum atomic E-state index is 9.06. The molecule has 1 aliphatic heterocycles. The van der Waals surface area contributed by atoms with Crippen LogP contribution in [0.5, 0.6) is 0 Å². The number of nitrogens with zero attached hydrogens (tertiary/aromatic N) is 4. The molecule has 0 radical (unpaired) electrons. The maximum Gasteiger partial charge on any atom is 0.129 e. The number of benzene rings is 1. The van der Waals surface area contributed by atoms with E-state index in [4.69, 9.17) is 10.2 Å². The minimum absolute atomic E-state index is 0.365. The molecule has 2 aromatic heterocycles. The molecule has 5 heteroatoms. The van der Waals surface area contributed by atoms with E-state index in [0.29, 0.717) is 11.5 Å². The van der Waals surface area contributed by atoms with Gasteiger partial charge in [-0.25, -0.2) is 9.97 Å². The molecule has 1 atom stereocenters. The Morgan fingerprint density at radius 1 is 1.26 bits per heavy atom. The number of aromatic nitrogens is 3. The second kappa shape index (κ2) is 5.73. The predicted molar refractivity (Wildman–Crippen MR) is 89.2 cm³/mol. The Kier molecular flexibility index (Phi) is 3.43. The van der Waals surface area contributed by atoms with Crippen LogP contribution in [-0.4, -0.2) is 28.0 Å². The van der Waals surface area contributed by atoms with Gasteiger partial charge in [0.25, 0.3) is 0 Å². The minimum Gasteiger partial charge on any atom is -0.356 e. The number of H-pyrrole nitrogens is 1. The standard InChI is InChI=1S/C18H17N5/c19-11-13-7-8-20-17(10-13)23-9-3-4-14(12-23)18-21-15-5-1-2-6-16(15)22-18/h1-2,5-8,10,14H,3-4,9,12H2,(H,21,22). The van der Waals surface area contributed by atoms with Crippen molar-refractivity contribution in [3.05, 3.63) is 54.0 Å². The van der Waals surface area contributed by atoms with Crippen LogP contribution >= 0.6 is 0 Å². The number of para-hydroxylation sites is 2. The molecule has 0 aliphatic carbocycles. The number of nitrogens with one attached hydrogen (secondary N) is 1. The third-order valence-corrected chi connectivity index (χ3v) is 4.41. The first kappa shape index (κ1) is 13.8. The highest BCUT2D eigenvalue weighted by Crippen LogP contribution is 2.29. The lowest BCUT2D eigenvalue weighted by atomic mass is 9.97. The molecule has 0 spiro atoms. The Morgan fingerprint density at radius 2 is 2.17 bits per heavy atom. The van der Waals surface area contributed by atoms with Crippen molar-refractivity contribution in [1.29, 1.82) is 5.26 Å². The molecule has 0 saturated carbocycles. The van der Waals surface area contributed by atoms with Gasteiger partial charge in [-0.05, 0) is 37.1 Å². The summed E-state index contributed by atoms with van der Waals surface area (Å²) in [6.45, 7) is 1.85. The largest absolute Gasteiger partial charge is 0.356 e. The van der Waals surface area contributed by atoms with Crippen LogP contribution in [0.2, 0.25) is 0 Å². The van der Waals surface area contributed by atoms with Gasteiger partial charge in [-0.3, -0.25) is 0 Å². The summed E-state index contributed by atoms with van der Waals surface area (Å²) in [7, 11) is 0. The van der Waals surface area contributed by atoms with Gasteiger partial charge in [0.05, 0.1) is 22.7 Å². The lowest BCUT2D eigenvalue weighted by Gasteiger charge is -2.32. The number of hydrogen-bond acceptors (Lipinski definition) is 4. The summed E-state index contributed by atoms with van der Waals surface area (Å²) in [6, 6.07) is 13.9. The Morgan fingerprint density at radius 3 is 3.04 bits per heavy atom. The van der Waals surface area contributed by atoms with Crippen LogP contribution in [0.3, 0.4) is 0 Å². The van der Waals surface area contributed by atoms with E-state index in [9.17, 15) is 0 Å². The maximum absolute atomic E-state index is 9.06. The number of pyridine rings is 1. The molecule has 0 bridgehead atoms. The summed E-state index contributed by atoms with van der Waals surface area (Å²) in [5, 5.41) is 9.06. The van der Waals surface area contributed by atoms with Gasteiger partial charge >= 0.3 is 0 Å². The lowest BCUT2D eigenvalue weighted by Crippen LogP contribution is -2.35. The number of imidazole rings is 1. The van der Waals surface area contributed by atoms with E-state index in [2.05, 4.69) is 27.0 Å². The first-order valence-electron chi connectivity index (χ1n) is 7.89. The van der Waals surface area contributed by atoms with Crippen LogP contribution < -0.4 is 4.90 Å². The summed E-state index contributed by atoms with van der Waals surface area (Å²) in [5.41, 5.74) is 2.76. The van der Waals surface area contributed by atoms with E-state index in [-0.39, 0.29) is 0 Å². The summed E-state index contributed by atoms with van der Waals surface area (Å²) in [4.78, 5) is 14.9. The average Bonchev–Trinajstić information content (AvgIpc) is 3.06. The Hall–Kier alpha value is -2.87. The second-order valence-electron chi connectivity index (χ2n) is 5.94. The van der Waals surface area contributed by atoms with Crippen molar-refractivity contribution in [3.8, 4) is 6.07 Å². The summed E-state index contributed by atoms with van der Waals surface area (Å²) >= 11 is 0. The van der Waals surface area contributed by atoms with Crippen molar-refractivity contribution in [2.75, 3.05) is 18.0 Å². The van der Waals surface area contributed by atoms with E-state index in [1.807, 2.05) is 24.3 Å². The topological polar surface area (TPSA) is 68.6 Å². The Balaban J connectivity index is 1.60. The molecule has 1 fully saturated rings. The summed E-state index contributed by atoms with van der Waals surface area (Å²) in [6.07, 6.45) is 3.92. The average molecular weight is 303 g/mol. The highest BCUT2D eigenvalue weighted by atomic mass is 15.2. The molecule has 23 heavy (non-hydrogen) atoms. The monoisotopic (exact) mass is 303 g/mol. The van der Waals surface area contributed by atoms with Crippen molar-refractivity contribution >= 4 is 16.9 Å². The number of piperidine rings is 1. The van der Waals surface area contributed by atoms with Crippen LogP contribution in [0.1, 0.15) is 30.1 Å². The van der Waals surface area contributed by atoms with Crippen LogP contribution in [0, 0.1) is 11.3 Å². The van der Waals surface area contributed by atoms with Crippen molar-refractivity contribution in [3.63, 3.8) is 0 Å². The molecular weight excluding hydrogens is 286 g/mol. The molecule has 3 aromatic rings. The van der Waals surface area contributed by atoms with Crippen molar-refractivity contribution < 1.29 is 0 Å². The van der Waals surface area contributed by atoms with Gasteiger partial charge in [0.1, 0.15) is 11.6 Å². The van der Waals surface area contributed by atoms with E-state index < -0.39 is 0 Å². The molecule has 3 heterocycles. The molecule has 1 unspecified atom stereocenters. The van der Waals surface area contributed by atoms with Crippen molar-refractivity contribution in [1.82, 2.24) is 15.0 Å². The quantitative estimate of drug-likeness (QED) is 0.789. The second-order valence-corrected chi connectivity index (χ2v) is 5.94. The molecular formula is C18H17N5. The fourth-order valence-electron chi connectivity index (χ4n) is 3.24. The molecule has 1 aromatic carbocycles. The molecule has 1 N–H and O–H groups in total. The van der Waals surface area contributed by atoms with Gasteiger partial charge in [0, 0.05) is 25.2 Å². The third-order valence-electron chi connectivity index (χ3n) is 4.41. The number of aromatic amines is 1. The highest BCUT2D eigenvalue weighted by Gasteiger charge is 2.24. The van der Waals surface area contributed by atoms with Crippen LogP contribution in [0.4, 0.5) is 5.82 Å². The number of rotatable bonds is 2. The number of nitriles is 1. The van der Waals surface area contributed by atoms with Crippen LogP contribution in [-0.2, 0) is 0 Å². The minimum atomic E-state index is 0.365.